The number of rotatable bonds is 30. The molecule has 6 aromatic carbocycles. The Morgan fingerprint density at radius 2 is 1.45 bits per heavy atom. The number of nitrogens with one attached hydrogen (secondary N) is 2. The van der Waals surface area contributed by atoms with Gasteiger partial charge < -0.3 is 55.1 Å². The second-order valence-electron chi connectivity index (χ2n) is 29.1. The fourth-order valence-electron chi connectivity index (χ4n) is 14.9. The zero-order chi connectivity index (χ0) is 74.1. The number of unbranched alkanes of at least 4 members (excludes halogenated alkanes) is 1. The van der Waals surface area contributed by atoms with E-state index in [0.717, 1.165) is 58.4 Å². The van der Waals surface area contributed by atoms with Crippen molar-refractivity contribution < 1.29 is 67.2 Å². The number of Topliss-reactive ketones (excluding diaryl/α,β-unsaturated/α-hetero) is 3. The van der Waals surface area contributed by atoms with E-state index < -0.39 is 47.9 Å². The van der Waals surface area contributed by atoms with Crippen LogP contribution < -0.4 is 40.4 Å². The topological polar surface area (TPSA) is 274 Å². The van der Waals surface area contributed by atoms with Crippen LogP contribution in [0.3, 0.4) is 0 Å². The van der Waals surface area contributed by atoms with Crippen LogP contribution in [0.1, 0.15) is 175 Å². The molecule has 1 saturated carbocycles. The summed E-state index contributed by atoms with van der Waals surface area (Å²) in [7, 11) is 1.55. The Morgan fingerprint density at radius 3 is 2.19 bits per heavy atom. The molecule has 12 rings (SSSR count). The number of hydrogen-bond acceptors (Lipinski definition) is 15. The molecule has 105 heavy (non-hydrogen) atoms. The van der Waals surface area contributed by atoms with Crippen molar-refractivity contribution >= 4 is 69.9 Å². The molecule has 1 spiro atoms. The van der Waals surface area contributed by atoms with Gasteiger partial charge in [0.05, 0.1) is 62.4 Å². The zero-order valence-corrected chi connectivity index (χ0v) is 60.5. The van der Waals surface area contributed by atoms with Crippen molar-refractivity contribution in [1.82, 2.24) is 20.4 Å². The molecule has 548 valence electrons. The number of para-hydroxylation sites is 1. The molecule has 21 heteroatoms. The number of nitrogens with zero attached hydrogens (tertiary/aromatic N) is 4. The average Bonchev–Trinajstić information content (AvgIpc) is 1.57. The van der Waals surface area contributed by atoms with Crippen LogP contribution in [0, 0.1) is 42.9 Å². The van der Waals surface area contributed by atoms with Gasteiger partial charge in [0.2, 0.25) is 17.7 Å². The lowest BCUT2D eigenvalue weighted by molar-refractivity contribution is -0.133. The molecule has 5 atom stereocenters. The van der Waals surface area contributed by atoms with Gasteiger partial charge in [-0.1, -0.05) is 110 Å². The number of ketones is 3. The summed E-state index contributed by atoms with van der Waals surface area (Å²) < 4.78 is 24.4. The molecule has 5 aliphatic heterocycles. The third kappa shape index (κ3) is 17.5. The number of ether oxygens (including phenoxy) is 4. The minimum Gasteiger partial charge on any atom is -0.493 e. The summed E-state index contributed by atoms with van der Waals surface area (Å²) in [5, 5.41) is 17.8. The highest BCUT2D eigenvalue weighted by molar-refractivity contribution is 6.06. The third-order valence-corrected chi connectivity index (χ3v) is 21.2. The highest BCUT2D eigenvalue weighted by Crippen LogP contribution is 2.57. The summed E-state index contributed by atoms with van der Waals surface area (Å²) in [6.45, 7) is 8.48. The van der Waals surface area contributed by atoms with E-state index in [1.165, 1.54) is 5.56 Å². The summed E-state index contributed by atoms with van der Waals surface area (Å²) >= 11 is 0. The van der Waals surface area contributed by atoms with E-state index in [-0.39, 0.29) is 129 Å². The lowest BCUT2D eigenvalue weighted by Crippen LogP contribution is -2.50. The maximum Gasteiger partial charge on any atom is 0.416 e. The number of amides is 6. The van der Waals surface area contributed by atoms with Crippen LogP contribution >= 0.6 is 0 Å². The monoisotopic (exact) mass is 1420 g/mol. The van der Waals surface area contributed by atoms with Gasteiger partial charge in [-0.2, -0.15) is 0 Å². The summed E-state index contributed by atoms with van der Waals surface area (Å²) in [5.74, 6) is 4.01. The minimum atomic E-state index is -1.44. The number of nitrogens with two attached hydrogens (primary N) is 1. The van der Waals surface area contributed by atoms with Crippen molar-refractivity contribution in [2.45, 2.75) is 168 Å². The standard InChI is InChI=1S/C84H93N7O14/c1-52(2)66(43-65(93)47-86-77(95)32-30-64(92)31-33-78(96)89-48-61-15-7-6-13-57(61)26-27-59-14-8-9-17-70(59)89)79(97)87-69(16-10-11-36-85)73(94)40-55-20-22-56(23-21-55)50-105-83(101)91-71-45-74(54(4)39-68(71)81(99)90-51-84(34-35-84)46-72(90)82(91)100)103-37-12-38-104-76-42-60-28-29-63-41-62(58-24-18-53(3)19-25-58)49-88(63)80(98)67(60)44-75(76)102-5/h6-9,13-15,17-25,39,42,44-45,49,52,63,66,69,72,82,100H,10-12,16,28-38,40-41,43,46-48,50-51,85H2,1-5H3,(H,86,95)(H,87,97)/t63-,66+,69+,72+,82?/m1/s1. The molecule has 21 nitrogen and oxygen atoms in total. The normalized spacial score (nSPS) is 17.8. The van der Waals surface area contributed by atoms with Gasteiger partial charge in [0.1, 0.15) is 18.1 Å². The van der Waals surface area contributed by atoms with Crippen LogP contribution in [0.4, 0.5) is 16.2 Å². The Kier molecular flexibility index (Phi) is 23.4. The number of aliphatic hydroxyl groups excluding tert-OH is 1. The molecule has 6 amide bonds. The first-order valence-corrected chi connectivity index (χ1v) is 36.7. The van der Waals surface area contributed by atoms with E-state index in [2.05, 4.69) is 53.7 Å². The number of aryl methyl sites for hydroxylation is 3. The number of methoxy groups -OCH3 is 1. The van der Waals surface area contributed by atoms with Crippen LogP contribution in [0.25, 0.3) is 5.57 Å². The van der Waals surface area contributed by atoms with Gasteiger partial charge in [-0.3, -0.25) is 38.4 Å². The first-order chi connectivity index (χ1) is 50.7. The second-order valence-corrected chi connectivity index (χ2v) is 29.1. The van der Waals surface area contributed by atoms with E-state index in [4.69, 9.17) is 24.7 Å². The van der Waals surface area contributed by atoms with Crippen molar-refractivity contribution in [2.24, 2.45) is 23.0 Å². The summed E-state index contributed by atoms with van der Waals surface area (Å²) in [6, 6.07) is 35.7. The van der Waals surface area contributed by atoms with Gasteiger partial charge in [-0.25, -0.2) is 9.69 Å². The molecule has 5 heterocycles. The first-order valence-electron chi connectivity index (χ1n) is 36.7. The predicted octanol–water partition coefficient (Wildman–Crippen LogP) is 11.0. The Balaban J connectivity index is 0.620. The maximum absolute atomic E-state index is 14.5. The summed E-state index contributed by atoms with van der Waals surface area (Å²) in [4.78, 5) is 131. The molecule has 5 N–H and O–H groups in total. The Morgan fingerprint density at radius 1 is 0.733 bits per heavy atom. The van der Waals surface area contributed by atoms with Crippen LogP contribution in [0.5, 0.6) is 17.2 Å². The number of benzene rings is 6. The molecule has 1 aliphatic carbocycles. The zero-order valence-electron chi connectivity index (χ0n) is 60.5. The molecule has 0 radical (unpaired) electrons. The van der Waals surface area contributed by atoms with Crippen molar-refractivity contribution in [3.05, 3.63) is 189 Å². The quantitative estimate of drug-likeness (QED) is 0.0241. The van der Waals surface area contributed by atoms with E-state index in [9.17, 15) is 48.3 Å². The van der Waals surface area contributed by atoms with Crippen LogP contribution in [-0.2, 0) is 59.5 Å². The number of hydrogen-bond donors (Lipinski definition) is 4. The van der Waals surface area contributed by atoms with Gasteiger partial charge in [-0.15, -0.1) is 0 Å². The van der Waals surface area contributed by atoms with Crippen molar-refractivity contribution in [3.8, 4) is 29.1 Å². The maximum atomic E-state index is 14.5. The molecule has 1 unspecified atom stereocenters. The van der Waals surface area contributed by atoms with Crippen molar-refractivity contribution in [3.63, 3.8) is 0 Å². The Hall–Kier alpha value is -10.4. The molecule has 0 bridgehead atoms. The molecule has 2 fully saturated rings. The lowest BCUT2D eigenvalue weighted by Gasteiger charge is -2.31. The molecule has 1 saturated heterocycles. The van der Waals surface area contributed by atoms with E-state index >= 15 is 0 Å². The number of aliphatic hydroxyl groups is 1. The second kappa shape index (κ2) is 33.1. The number of anilines is 2. The molecular weight excluding hydrogens is 1330 g/mol. The van der Waals surface area contributed by atoms with Gasteiger partial charge >= 0.3 is 6.09 Å². The summed E-state index contributed by atoms with van der Waals surface area (Å²) in [6.07, 6.45) is 5.49. The minimum absolute atomic E-state index is 0.0467. The first kappa shape index (κ1) is 74.3. The highest BCUT2D eigenvalue weighted by atomic mass is 16.6. The van der Waals surface area contributed by atoms with Crippen molar-refractivity contribution in [2.75, 3.05) is 49.8 Å². The van der Waals surface area contributed by atoms with E-state index in [1.807, 2.05) is 72.6 Å². The van der Waals surface area contributed by atoms with Crippen LogP contribution in [-0.4, -0.2) is 132 Å². The molecule has 6 aliphatic rings. The molecule has 0 aromatic heterocycles. The summed E-state index contributed by atoms with van der Waals surface area (Å²) in [5.41, 5.74) is 16.0. The fourth-order valence-corrected chi connectivity index (χ4v) is 14.9. The smallest absolute Gasteiger partial charge is 0.416 e. The Bertz CT molecular complexity index is 4420. The van der Waals surface area contributed by atoms with Gasteiger partial charge in [0.15, 0.2) is 29.3 Å². The van der Waals surface area contributed by atoms with Gasteiger partial charge in [0.25, 0.3) is 11.8 Å². The SMILES string of the molecule is COc1cc2c(cc1OCCCOc1cc3c(cc1C)C(=O)N1CC4(CC4)C[C@H]1C(O)N3C(=O)OCc1ccc(CC(=O)[C@H](CCCCN)NC(=O)[C@@H](CC(=O)CNC(=O)CCC(=O)CCC(=O)N3Cc4ccccc4C#Cc4ccccc43)C(C)C)cc1)CC[C@@H]1CC(c3ccc(C)cc3)=CN1C2=O. The molecular formula is C84H93N7O14. The van der Waals surface area contributed by atoms with Crippen LogP contribution in [0.15, 0.2) is 128 Å². The predicted molar refractivity (Wildman–Crippen MR) is 396 cm³/mol. The lowest BCUT2D eigenvalue weighted by atomic mass is 9.89. The Labute approximate surface area is 613 Å². The third-order valence-electron chi connectivity index (χ3n) is 21.2. The average molecular weight is 1420 g/mol. The number of fused-ring (bicyclic) bond motifs is 6. The van der Waals surface area contributed by atoms with Crippen molar-refractivity contribution in [1.29, 1.82) is 0 Å². The van der Waals surface area contributed by atoms with Gasteiger partial charge in [0, 0.05) is 92.4 Å². The van der Waals surface area contributed by atoms with E-state index in [0.29, 0.717) is 102 Å². The number of carbonyl (C=O) groups is 9. The largest absolute Gasteiger partial charge is 0.493 e. The highest BCUT2D eigenvalue weighted by Gasteiger charge is 2.58. The fraction of sp³-hybridized carbons (Fsp3) is 0.417. The molecule has 6 aromatic rings. The number of carbonyl (C=O) groups excluding carboxylic acids is 9. The van der Waals surface area contributed by atoms with Gasteiger partial charge in [-0.05, 0) is 165 Å². The van der Waals surface area contributed by atoms with E-state index in [1.54, 1.807) is 73.2 Å². The van der Waals surface area contributed by atoms with Crippen LogP contribution in [0.2, 0.25) is 0 Å².